The van der Waals surface area contributed by atoms with Gasteiger partial charge in [-0.15, -0.1) is 0 Å². The van der Waals surface area contributed by atoms with Crippen LogP contribution in [-0.4, -0.2) is 15.4 Å². The first-order valence-electron chi connectivity index (χ1n) is 8.19. The van der Waals surface area contributed by atoms with Crippen molar-refractivity contribution in [1.29, 1.82) is 0 Å². The maximum Gasteiger partial charge on any atom is 0.419 e. The number of fused-ring (bicyclic) bond motifs is 1. The fourth-order valence-corrected chi connectivity index (χ4v) is 3.05. The van der Waals surface area contributed by atoms with E-state index in [2.05, 4.69) is 21.2 Å². The number of halogens is 1. The topological polar surface area (TPSA) is 107 Å². The van der Waals surface area contributed by atoms with E-state index in [0.717, 1.165) is 10.0 Å². The summed E-state index contributed by atoms with van der Waals surface area (Å²) in [7, 11) is 0. The molecule has 9 heteroatoms. The summed E-state index contributed by atoms with van der Waals surface area (Å²) >= 11 is 3.42. The first-order chi connectivity index (χ1) is 12.8. The van der Waals surface area contributed by atoms with Gasteiger partial charge in [0.05, 0.1) is 16.5 Å². The molecule has 0 saturated carbocycles. The van der Waals surface area contributed by atoms with E-state index < -0.39 is 10.7 Å². The number of nitro groups is 1. The van der Waals surface area contributed by atoms with Gasteiger partial charge >= 0.3 is 5.76 Å². The third-order valence-electron chi connectivity index (χ3n) is 4.10. The molecule has 1 heterocycles. The van der Waals surface area contributed by atoms with Gasteiger partial charge in [-0.2, -0.15) is 0 Å². The van der Waals surface area contributed by atoms with Crippen LogP contribution in [0.1, 0.15) is 18.4 Å². The van der Waals surface area contributed by atoms with Crippen molar-refractivity contribution in [3.05, 3.63) is 67.1 Å². The molecule has 0 aliphatic carbocycles. The highest BCUT2D eigenvalue weighted by atomic mass is 79.9. The number of nitro benzene ring substituents is 1. The standard InChI is InChI=1S/C18H16BrN3O5/c1-11-4-5-12(9-14(11)19)20-17(23)3-2-8-21-15-7-6-13(22(25)26)10-16(15)27-18(21)24/h4-7,9-10H,2-3,8H2,1H3,(H,20,23). The average Bonchev–Trinajstić information content (AvgIpc) is 2.93. The molecule has 0 atom stereocenters. The van der Waals surface area contributed by atoms with Crippen molar-refractivity contribution in [2.45, 2.75) is 26.3 Å². The Hall–Kier alpha value is -2.94. The van der Waals surface area contributed by atoms with Crippen molar-refractivity contribution >= 4 is 44.3 Å². The molecule has 0 unspecified atom stereocenters. The van der Waals surface area contributed by atoms with Crippen molar-refractivity contribution in [2.75, 3.05) is 5.32 Å². The molecule has 0 bridgehead atoms. The van der Waals surface area contributed by atoms with Crippen molar-refractivity contribution in [1.82, 2.24) is 4.57 Å². The molecule has 27 heavy (non-hydrogen) atoms. The number of carbonyl (C=O) groups excluding carboxylic acids is 1. The van der Waals surface area contributed by atoms with Gasteiger partial charge in [-0.3, -0.25) is 19.5 Å². The van der Waals surface area contributed by atoms with Gasteiger partial charge in [-0.05, 0) is 37.1 Å². The summed E-state index contributed by atoms with van der Waals surface area (Å²) in [5, 5.41) is 13.6. The number of carbonyl (C=O) groups is 1. The molecular weight excluding hydrogens is 418 g/mol. The Balaban J connectivity index is 1.64. The van der Waals surface area contributed by atoms with Crippen LogP contribution in [-0.2, 0) is 11.3 Å². The van der Waals surface area contributed by atoms with Crippen LogP contribution in [0.5, 0.6) is 0 Å². The second-order valence-corrected chi connectivity index (χ2v) is 6.90. The van der Waals surface area contributed by atoms with Crippen molar-refractivity contribution < 1.29 is 14.1 Å². The third kappa shape index (κ3) is 4.25. The number of aromatic nitrogens is 1. The predicted molar refractivity (Wildman–Crippen MR) is 104 cm³/mol. The maximum atomic E-state index is 12.1. The Labute approximate surface area is 162 Å². The second-order valence-electron chi connectivity index (χ2n) is 6.04. The Kier molecular flexibility index (Phi) is 5.41. The lowest BCUT2D eigenvalue weighted by atomic mass is 10.2. The van der Waals surface area contributed by atoms with Crippen LogP contribution in [0.4, 0.5) is 11.4 Å². The highest BCUT2D eigenvalue weighted by Gasteiger charge is 2.14. The lowest BCUT2D eigenvalue weighted by molar-refractivity contribution is -0.384. The number of anilines is 1. The van der Waals surface area contributed by atoms with Crippen molar-refractivity contribution in [3.63, 3.8) is 0 Å². The van der Waals surface area contributed by atoms with E-state index in [-0.39, 0.29) is 30.1 Å². The second kappa shape index (κ2) is 7.75. The molecule has 1 N–H and O–H groups in total. The molecule has 0 aliphatic rings. The first kappa shape index (κ1) is 18.8. The molecule has 0 spiro atoms. The molecule has 1 amide bonds. The Morgan fingerprint density at radius 1 is 1.30 bits per heavy atom. The lowest BCUT2D eigenvalue weighted by Gasteiger charge is -2.07. The van der Waals surface area contributed by atoms with Crippen LogP contribution in [0.25, 0.3) is 11.1 Å². The van der Waals surface area contributed by atoms with Gasteiger partial charge in [0.15, 0.2) is 5.58 Å². The normalized spacial score (nSPS) is 10.9. The summed E-state index contributed by atoms with van der Waals surface area (Å²) in [5.41, 5.74) is 2.24. The molecule has 3 aromatic rings. The van der Waals surface area contributed by atoms with Gasteiger partial charge in [-0.25, -0.2) is 4.79 Å². The average molecular weight is 434 g/mol. The molecular formula is C18H16BrN3O5. The number of nitrogens with one attached hydrogen (secondary N) is 1. The highest BCUT2D eigenvalue weighted by molar-refractivity contribution is 9.10. The van der Waals surface area contributed by atoms with Gasteiger partial charge in [-0.1, -0.05) is 22.0 Å². The maximum absolute atomic E-state index is 12.1. The minimum absolute atomic E-state index is 0.146. The van der Waals surface area contributed by atoms with E-state index in [0.29, 0.717) is 17.6 Å². The van der Waals surface area contributed by atoms with E-state index >= 15 is 0 Å². The SMILES string of the molecule is Cc1ccc(NC(=O)CCCn2c(=O)oc3cc([N+](=O)[O-])ccc32)cc1Br. The summed E-state index contributed by atoms with van der Waals surface area (Å²) < 4.78 is 7.34. The van der Waals surface area contributed by atoms with E-state index in [1.807, 2.05) is 25.1 Å². The molecule has 0 aliphatic heterocycles. The summed E-state index contributed by atoms with van der Waals surface area (Å²) in [6.45, 7) is 2.23. The van der Waals surface area contributed by atoms with Crippen molar-refractivity contribution in [3.8, 4) is 0 Å². The fraction of sp³-hybridized carbons (Fsp3) is 0.222. The largest absolute Gasteiger partial charge is 0.419 e. The van der Waals surface area contributed by atoms with Crippen LogP contribution in [0, 0.1) is 17.0 Å². The van der Waals surface area contributed by atoms with E-state index in [1.54, 1.807) is 0 Å². The third-order valence-corrected chi connectivity index (χ3v) is 4.96. The molecule has 140 valence electrons. The number of non-ortho nitro benzene ring substituents is 1. The zero-order chi connectivity index (χ0) is 19.6. The van der Waals surface area contributed by atoms with Crippen molar-refractivity contribution in [2.24, 2.45) is 0 Å². The summed E-state index contributed by atoms with van der Waals surface area (Å²) in [4.78, 5) is 34.3. The van der Waals surface area contributed by atoms with Gasteiger partial charge in [0.1, 0.15) is 0 Å². The molecule has 0 saturated heterocycles. The lowest BCUT2D eigenvalue weighted by Crippen LogP contribution is -2.17. The Bertz CT molecular complexity index is 1090. The van der Waals surface area contributed by atoms with E-state index in [9.17, 15) is 19.7 Å². The number of nitrogens with zero attached hydrogens (tertiary/aromatic N) is 2. The van der Waals surface area contributed by atoms with Gasteiger partial charge in [0.2, 0.25) is 5.91 Å². The molecule has 0 fully saturated rings. The molecule has 0 radical (unpaired) electrons. The quantitative estimate of drug-likeness (QED) is 0.466. The predicted octanol–water partition coefficient (Wildman–Crippen LogP) is 3.99. The van der Waals surface area contributed by atoms with Crippen LogP contribution in [0.15, 0.2) is 50.1 Å². The number of rotatable bonds is 6. The number of aryl methyl sites for hydroxylation is 2. The molecule has 2 aromatic carbocycles. The number of hydrogen-bond acceptors (Lipinski definition) is 5. The Morgan fingerprint density at radius 3 is 2.78 bits per heavy atom. The number of hydrogen-bond donors (Lipinski definition) is 1. The molecule has 1 aromatic heterocycles. The zero-order valence-electron chi connectivity index (χ0n) is 14.4. The van der Waals surface area contributed by atoms with Crippen LogP contribution in [0.3, 0.4) is 0 Å². The monoisotopic (exact) mass is 433 g/mol. The van der Waals surface area contributed by atoms with Gasteiger partial charge < -0.3 is 9.73 Å². The molecule has 3 rings (SSSR count). The van der Waals surface area contributed by atoms with Crippen LogP contribution in [0.2, 0.25) is 0 Å². The number of benzene rings is 2. The highest BCUT2D eigenvalue weighted by Crippen LogP contribution is 2.22. The molecule has 8 nitrogen and oxygen atoms in total. The summed E-state index contributed by atoms with van der Waals surface area (Å²) in [6, 6.07) is 9.55. The summed E-state index contributed by atoms with van der Waals surface area (Å²) in [5.74, 6) is -0.768. The van der Waals surface area contributed by atoms with Crippen LogP contribution < -0.4 is 11.1 Å². The van der Waals surface area contributed by atoms with E-state index in [1.165, 1.54) is 22.8 Å². The minimum atomic E-state index is -0.603. The fourth-order valence-electron chi connectivity index (χ4n) is 2.67. The first-order valence-corrected chi connectivity index (χ1v) is 8.98. The summed E-state index contributed by atoms with van der Waals surface area (Å²) in [6.07, 6.45) is 0.641. The van der Waals surface area contributed by atoms with Crippen LogP contribution >= 0.6 is 15.9 Å². The number of amides is 1. The zero-order valence-corrected chi connectivity index (χ0v) is 16.0. The van der Waals surface area contributed by atoms with Gasteiger partial charge in [0, 0.05) is 29.2 Å². The Morgan fingerprint density at radius 2 is 2.07 bits per heavy atom. The van der Waals surface area contributed by atoms with Gasteiger partial charge in [0.25, 0.3) is 5.69 Å². The minimum Gasteiger partial charge on any atom is -0.407 e. The van der Waals surface area contributed by atoms with E-state index in [4.69, 9.17) is 4.42 Å². The smallest absolute Gasteiger partial charge is 0.407 e. The number of oxazole rings is 1.